The number of rotatable bonds is 4. The molecule has 0 amide bonds. The van der Waals surface area contributed by atoms with Crippen LogP contribution in [0.4, 0.5) is 4.39 Å². The molecular formula is C16H21F. The number of allylic oxidation sites excluding steroid dienone is 2. The quantitative estimate of drug-likeness (QED) is 0.669. The molecule has 92 valence electrons. The zero-order valence-corrected chi connectivity index (χ0v) is 10.6. The number of hydrogen-bond acceptors (Lipinski definition) is 0. The van der Waals surface area contributed by atoms with Crippen molar-refractivity contribution < 1.29 is 4.39 Å². The lowest BCUT2D eigenvalue weighted by atomic mass is 9.84. The lowest BCUT2D eigenvalue weighted by Crippen LogP contribution is -2.05. The molecule has 0 N–H and O–H groups in total. The summed E-state index contributed by atoms with van der Waals surface area (Å²) in [6.07, 6.45) is 10.0. The Morgan fingerprint density at radius 2 is 2.00 bits per heavy atom. The Morgan fingerprint density at radius 1 is 1.24 bits per heavy atom. The molecule has 0 nitrogen and oxygen atoms in total. The van der Waals surface area contributed by atoms with Crippen molar-refractivity contribution in [3.63, 3.8) is 0 Å². The van der Waals surface area contributed by atoms with Gasteiger partial charge in [-0.05, 0) is 48.4 Å². The highest BCUT2D eigenvalue weighted by Gasteiger charge is 2.14. The fourth-order valence-electron chi connectivity index (χ4n) is 2.57. The molecule has 0 saturated heterocycles. The van der Waals surface area contributed by atoms with Crippen molar-refractivity contribution in [3.05, 3.63) is 41.7 Å². The normalized spacial score (nSPS) is 20.1. The van der Waals surface area contributed by atoms with Crippen LogP contribution in [-0.2, 0) is 0 Å². The Morgan fingerprint density at radius 3 is 2.59 bits per heavy atom. The molecule has 0 heterocycles. The lowest BCUT2D eigenvalue weighted by molar-refractivity contribution is 0.434. The summed E-state index contributed by atoms with van der Waals surface area (Å²) in [5.74, 6) is 0.727. The van der Waals surface area contributed by atoms with Crippen LogP contribution in [-0.4, -0.2) is 0 Å². The topological polar surface area (TPSA) is 0 Å². The second kappa shape index (κ2) is 6.00. The van der Waals surface area contributed by atoms with Crippen LogP contribution in [0.1, 0.15) is 51.0 Å². The Hall–Kier alpha value is -1.11. The Balaban J connectivity index is 1.96. The van der Waals surface area contributed by atoms with Gasteiger partial charge in [0.2, 0.25) is 0 Å². The molecule has 0 radical (unpaired) electrons. The van der Waals surface area contributed by atoms with E-state index in [1.54, 1.807) is 12.1 Å². The van der Waals surface area contributed by atoms with Gasteiger partial charge in [-0.3, -0.25) is 0 Å². The van der Waals surface area contributed by atoms with Crippen LogP contribution < -0.4 is 0 Å². The van der Waals surface area contributed by atoms with Gasteiger partial charge in [-0.25, -0.2) is 4.39 Å². The van der Waals surface area contributed by atoms with Crippen LogP contribution in [0.5, 0.6) is 0 Å². The predicted octanol–water partition coefficient (Wildman–Crippen LogP) is 5.20. The maximum absolute atomic E-state index is 12.8. The first-order chi connectivity index (χ1) is 8.29. The molecule has 1 aliphatic carbocycles. The predicted molar refractivity (Wildman–Crippen MR) is 71.2 cm³/mol. The first kappa shape index (κ1) is 12.3. The van der Waals surface area contributed by atoms with Crippen molar-refractivity contribution in [2.45, 2.75) is 45.4 Å². The summed E-state index contributed by atoms with van der Waals surface area (Å²) in [4.78, 5) is 0. The van der Waals surface area contributed by atoms with E-state index in [-0.39, 0.29) is 5.82 Å². The first-order valence-corrected chi connectivity index (χ1v) is 6.74. The van der Waals surface area contributed by atoms with Gasteiger partial charge in [0, 0.05) is 0 Å². The van der Waals surface area contributed by atoms with Gasteiger partial charge in [0.05, 0.1) is 0 Å². The van der Waals surface area contributed by atoms with Gasteiger partial charge < -0.3 is 0 Å². The third-order valence-corrected chi connectivity index (χ3v) is 3.70. The van der Waals surface area contributed by atoms with Crippen LogP contribution in [0.3, 0.4) is 0 Å². The van der Waals surface area contributed by atoms with Crippen LogP contribution in [0.2, 0.25) is 0 Å². The SMILES string of the molecule is CCCCC1CC=C(c2ccc(F)cc2)CC1. The fourth-order valence-corrected chi connectivity index (χ4v) is 2.57. The molecule has 0 saturated carbocycles. The van der Waals surface area contributed by atoms with E-state index in [2.05, 4.69) is 13.0 Å². The summed E-state index contributed by atoms with van der Waals surface area (Å²) in [5.41, 5.74) is 2.60. The average molecular weight is 232 g/mol. The zero-order valence-electron chi connectivity index (χ0n) is 10.6. The summed E-state index contributed by atoms with van der Waals surface area (Å²) in [5, 5.41) is 0. The molecule has 0 bridgehead atoms. The minimum Gasteiger partial charge on any atom is -0.207 e. The Bertz CT molecular complexity index is 375. The minimum absolute atomic E-state index is 0.147. The first-order valence-electron chi connectivity index (χ1n) is 6.74. The highest BCUT2D eigenvalue weighted by Crippen LogP contribution is 2.32. The Labute approximate surface area is 104 Å². The van der Waals surface area contributed by atoms with Gasteiger partial charge in [-0.1, -0.05) is 44.4 Å². The van der Waals surface area contributed by atoms with Crippen molar-refractivity contribution in [1.82, 2.24) is 0 Å². The molecule has 0 spiro atoms. The maximum atomic E-state index is 12.8. The molecule has 17 heavy (non-hydrogen) atoms. The third kappa shape index (κ3) is 3.42. The highest BCUT2D eigenvalue weighted by molar-refractivity contribution is 5.66. The molecule has 1 heteroatoms. The third-order valence-electron chi connectivity index (χ3n) is 3.70. The van der Waals surface area contributed by atoms with Crippen molar-refractivity contribution in [3.8, 4) is 0 Å². The van der Waals surface area contributed by atoms with Gasteiger partial charge in [0.1, 0.15) is 5.82 Å². The number of unbranched alkanes of at least 4 members (excludes halogenated alkanes) is 1. The summed E-state index contributed by atoms with van der Waals surface area (Å²) in [7, 11) is 0. The summed E-state index contributed by atoms with van der Waals surface area (Å²) in [6, 6.07) is 6.90. The lowest BCUT2D eigenvalue weighted by Gasteiger charge is -2.22. The van der Waals surface area contributed by atoms with Crippen LogP contribution >= 0.6 is 0 Å². The van der Waals surface area contributed by atoms with Gasteiger partial charge >= 0.3 is 0 Å². The summed E-state index contributed by atoms with van der Waals surface area (Å²) in [6.45, 7) is 2.25. The van der Waals surface area contributed by atoms with Gasteiger partial charge in [-0.15, -0.1) is 0 Å². The molecule has 1 aromatic carbocycles. The van der Waals surface area contributed by atoms with Crippen LogP contribution in [0.25, 0.3) is 5.57 Å². The molecular weight excluding hydrogens is 211 g/mol. The average Bonchev–Trinajstić information content (AvgIpc) is 2.38. The molecule has 1 aliphatic rings. The monoisotopic (exact) mass is 232 g/mol. The van der Waals surface area contributed by atoms with E-state index in [0.29, 0.717) is 0 Å². The number of hydrogen-bond donors (Lipinski definition) is 0. The second-order valence-electron chi connectivity index (χ2n) is 5.02. The molecule has 0 fully saturated rings. The van der Waals surface area contributed by atoms with Crippen molar-refractivity contribution in [2.24, 2.45) is 5.92 Å². The summed E-state index contributed by atoms with van der Waals surface area (Å²) < 4.78 is 12.8. The van der Waals surface area contributed by atoms with Crippen molar-refractivity contribution in [2.75, 3.05) is 0 Å². The van der Waals surface area contributed by atoms with E-state index < -0.39 is 0 Å². The van der Waals surface area contributed by atoms with Crippen molar-refractivity contribution >= 4 is 5.57 Å². The standard InChI is InChI=1S/C16H21F/c1-2-3-4-13-5-7-14(8-6-13)15-9-11-16(17)12-10-15/h7,9-13H,2-6,8H2,1H3. The molecule has 1 aromatic rings. The molecule has 0 aromatic heterocycles. The van der Waals surface area contributed by atoms with E-state index in [0.717, 1.165) is 12.3 Å². The van der Waals surface area contributed by atoms with Crippen molar-refractivity contribution in [1.29, 1.82) is 0 Å². The van der Waals surface area contributed by atoms with Gasteiger partial charge in [0.15, 0.2) is 0 Å². The molecule has 1 unspecified atom stereocenters. The molecule has 1 atom stereocenters. The smallest absolute Gasteiger partial charge is 0.123 e. The minimum atomic E-state index is -0.147. The maximum Gasteiger partial charge on any atom is 0.123 e. The van der Waals surface area contributed by atoms with E-state index in [1.807, 2.05) is 12.1 Å². The van der Waals surface area contributed by atoms with E-state index in [1.165, 1.54) is 43.2 Å². The van der Waals surface area contributed by atoms with Crippen LogP contribution in [0.15, 0.2) is 30.3 Å². The molecule has 2 rings (SSSR count). The second-order valence-corrected chi connectivity index (χ2v) is 5.02. The fraction of sp³-hybridized carbons (Fsp3) is 0.500. The van der Waals surface area contributed by atoms with E-state index >= 15 is 0 Å². The van der Waals surface area contributed by atoms with E-state index in [4.69, 9.17) is 0 Å². The number of benzene rings is 1. The van der Waals surface area contributed by atoms with Gasteiger partial charge in [-0.2, -0.15) is 0 Å². The number of halogens is 1. The molecule has 0 aliphatic heterocycles. The van der Waals surface area contributed by atoms with Crippen LogP contribution in [0, 0.1) is 11.7 Å². The zero-order chi connectivity index (χ0) is 12.1. The Kier molecular flexibility index (Phi) is 4.36. The largest absolute Gasteiger partial charge is 0.207 e. The highest BCUT2D eigenvalue weighted by atomic mass is 19.1. The van der Waals surface area contributed by atoms with E-state index in [9.17, 15) is 4.39 Å². The van der Waals surface area contributed by atoms with Gasteiger partial charge in [0.25, 0.3) is 0 Å². The summed E-state index contributed by atoms with van der Waals surface area (Å²) >= 11 is 0.